The lowest BCUT2D eigenvalue weighted by Crippen LogP contribution is -2.46. The average molecular weight is 192 g/mol. The maximum Gasteiger partial charge on any atom is 0.251 e. The van der Waals surface area contributed by atoms with Gasteiger partial charge in [0.2, 0.25) is 0 Å². The van der Waals surface area contributed by atoms with Crippen molar-refractivity contribution in [1.29, 1.82) is 0 Å². The van der Waals surface area contributed by atoms with E-state index in [-0.39, 0.29) is 12.5 Å². The Morgan fingerprint density at radius 2 is 2.07 bits per heavy atom. The van der Waals surface area contributed by atoms with Crippen molar-refractivity contribution in [2.45, 2.75) is 19.4 Å². The van der Waals surface area contributed by atoms with E-state index in [2.05, 4.69) is 11.4 Å². The molecule has 1 amide bonds. The Bertz CT molecular complexity index is 306. The van der Waals surface area contributed by atoms with Crippen molar-refractivity contribution >= 4 is 5.91 Å². The molecule has 1 aromatic carbocycles. The van der Waals surface area contributed by atoms with Crippen LogP contribution < -0.4 is 5.32 Å². The zero-order valence-corrected chi connectivity index (χ0v) is 8.37. The maximum atomic E-state index is 11.6. The maximum absolute atomic E-state index is 11.6. The van der Waals surface area contributed by atoms with Crippen LogP contribution in [0.4, 0.5) is 0 Å². The van der Waals surface area contributed by atoms with Crippen LogP contribution in [0.1, 0.15) is 24.2 Å². The Morgan fingerprint density at radius 1 is 1.50 bits per heavy atom. The highest BCUT2D eigenvalue weighted by atomic mass is 16.3. The summed E-state index contributed by atoms with van der Waals surface area (Å²) in [5.74, 6) is -0.182. The molecule has 1 rings (SSSR count). The van der Waals surface area contributed by atoms with E-state index in [0.717, 1.165) is 0 Å². The average Bonchev–Trinajstić information content (AvgIpc) is 2.19. The Morgan fingerprint density at radius 3 is 2.57 bits per heavy atom. The summed E-state index contributed by atoms with van der Waals surface area (Å²) in [5.41, 5.74) is -0.0123. The minimum atomic E-state index is -0.587. The number of rotatable bonds is 3. The molecule has 75 valence electrons. The molecule has 0 atom stereocenters. The number of carbonyl (C=O) groups excluding carboxylic acids is 1. The number of carbonyl (C=O) groups is 1. The molecule has 2 N–H and O–H groups in total. The van der Waals surface area contributed by atoms with Gasteiger partial charge in [0.05, 0.1) is 12.1 Å². The predicted molar refractivity (Wildman–Crippen MR) is 53.9 cm³/mol. The third-order valence-electron chi connectivity index (χ3n) is 1.83. The third-order valence-corrected chi connectivity index (χ3v) is 1.83. The van der Waals surface area contributed by atoms with Crippen LogP contribution in [0.15, 0.2) is 24.3 Å². The monoisotopic (exact) mass is 192 g/mol. The zero-order valence-electron chi connectivity index (χ0n) is 8.37. The van der Waals surface area contributed by atoms with Crippen molar-refractivity contribution in [3.63, 3.8) is 0 Å². The lowest BCUT2D eigenvalue weighted by Gasteiger charge is -2.23. The summed E-state index contributed by atoms with van der Waals surface area (Å²) in [5, 5.41) is 11.7. The van der Waals surface area contributed by atoms with Gasteiger partial charge < -0.3 is 10.4 Å². The molecule has 0 fully saturated rings. The van der Waals surface area contributed by atoms with Gasteiger partial charge in [-0.1, -0.05) is 12.1 Å². The summed E-state index contributed by atoms with van der Waals surface area (Å²) < 4.78 is 0. The first kappa shape index (κ1) is 10.7. The number of amides is 1. The third kappa shape index (κ3) is 2.85. The second-order valence-corrected chi connectivity index (χ2v) is 3.78. The van der Waals surface area contributed by atoms with Crippen molar-refractivity contribution in [3.8, 4) is 0 Å². The van der Waals surface area contributed by atoms with E-state index >= 15 is 0 Å². The van der Waals surface area contributed by atoms with Gasteiger partial charge >= 0.3 is 0 Å². The van der Waals surface area contributed by atoms with E-state index in [0.29, 0.717) is 5.56 Å². The van der Waals surface area contributed by atoms with Gasteiger partial charge in [0.15, 0.2) is 0 Å². The van der Waals surface area contributed by atoms with Gasteiger partial charge in [-0.05, 0) is 32.0 Å². The first-order chi connectivity index (χ1) is 6.55. The summed E-state index contributed by atoms with van der Waals surface area (Å²) in [6.45, 7) is 3.44. The quantitative estimate of drug-likeness (QED) is 0.750. The summed E-state index contributed by atoms with van der Waals surface area (Å²) in [6, 6.07) is 9.56. The van der Waals surface area contributed by atoms with Crippen LogP contribution in [-0.4, -0.2) is 23.2 Å². The number of benzene rings is 1. The van der Waals surface area contributed by atoms with E-state index in [1.165, 1.54) is 0 Å². The van der Waals surface area contributed by atoms with Crippen molar-refractivity contribution in [2.75, 3.05) is 6.61 Å². The molecule has 0 saturated heterocycles. The molecule has 14 heavy (non-hydrogen) atoms. The molecular weight excluding hydrogens is 178 g/mol. The molecule has 3 heteroatoms. The second-order valence-electron chi connectivity index (χ2n) is 3.78. The minimum absolute atomic E-state index is 0.0856. The predicted octanol–water partition coefficient (Wildman–Crippen LogP) is 0.987. The Labute approximate surface area is 83.8 Å². The fourth-order valence-electron chi connectivity index (χ4n) is 0.957. The lowest BCUT2D eigenvalue weighted by atomic mass is 10.1. The topological polar surface area (TPSA) is 49.3 Å². The van der Waals surface area contributed by atoms with E-state index < -0.39 is 5.54 Å². The molecule has 0 aliphatic carbocycles. The highest BCUT2D eigenvalue weighted by Gasteiger charge is 2.19. The number of nitrogens with one attached hydrogen (secondary N) is 1. The van der Waals surface area contributed by atoms with Crippen molar-refractivity contribution in [3.05, 3.63) is 35.9 Å². The van der Waals surface area contributed by atoms with Crippen molar-refractivity contribution in [1.82, 2.24) is 5.32 Å². The zero-order chi connectivity index (χ0) is 10.6. The largest absolute Gasteiger partial charge is 0.394 e. The van der Waals surface area contributed by atoms with E-state index in [1.54, 1.807) is 38.1 Å². The summed E-state index contributed by atoms with van der Waals surface area (Å²) in [4.78, 5) is 11.6. The van der Waals surface area contributed by atoms with Gasteiger partial charge in [0, 0.05) is 5.56 Å². The Hall–Kier alpha value is -1.35. The second kappa shape index (κ2) is 4.24. The van der Waals surface area contributed by atoms with Gasteiger partial charge in [-0.15, -0.1) is 0 Å². The molecule has 0 heterocycles. The molecule has 0 spiro atoms. The standard InChI is InChI=1S/C11H14NO2/c1-11(2,8-13)12-10(14)9-6-4-3-5-7-9/h4-7,13H,8H2,1-2H3,(H,12,14). The number of hydrogen-bond acceptors (Lipinski definition) is 2. The molecule has 0 unspecified atom stereocenters. The molecule has 0 aromatic heterocycles. The van der Waals surface area contributed by atoms with Crippen LogP contribution in [-0.2, 0) is 0 Å². The molecule has 3 nitrogen and oxygen atoms in total. The van der Waals surface area contributed by atoms with Gasteiger partial charge in [0.1, 0.15) is 0 Å². The van der Waals surface area contributed by atoms with E-state index in [9.17, 15) is 4.79 Å². The molecular formula is C11H14NO2. The van der Waals surface area contributed by atoms with Gasteiger partial charge in [-0.2, -0.15) is 0 Å². The van der Waals surface area contributed by atoms with Gasteiger partial charge in [0.25, 0.3) is 5.91 Å². The highest BCUT2D eigenvalue weighted by Crippen LogP contribution is 2.04. The molecule has 0 saturated carbocycles. The van der Waals surface area contributed by atoms with Crippen molar-refractivity contribution < 1.29 is 9.90 Å². The van der Waals surface area contributed by atoms with Gasteiger partial charge in [-0.3, -0.25) is 4.79 Å². The molecule has 0 aliphatic rings. The summed E-state index contributed by atoms with van der Waals surface area (Å²) >= 11 is 0. The number of hydrogen-bond donors (Lipinski definition) is 2. The minimum Gasteiger partial charge on any atom is -0.394 e. The molecule has 0 aliphatic heterocycles. The fourth-order valence-corrected chi connectivity index (χ4v) is 0.957. The number of aliphatic hydroxyl groups excluding tert-OH is 1. The number of aliphatic hydroxyl groups is 1. The van der Waals surface area contributed by atoms with Crippen LogP contribution in [0.3, 0.4) is 0 Å². The van der Waals surface area contributed by atoms with E-state index in [1.807, 2.05) is 0 Å². The van der Waals surface area contributed by atoms with E-state index in [4.69, 9.17) is 5.11 Å². The van der Waals surface area contributed by atoms with Gasteiger partial charge in [-0.25, -0.2) is 0 Å². The lowest BCUT2D eigenvalue weighted by molar-refractivity contribution is 0.0869. The summed E-state index contributed by atoms with van der Waals surface area (Å²) in [6.07, 6.45) is 0. The Balaban J connectivity index is 2.69. The van der Waals surface area contributed by atoms with Crippen LogP contribution in [0.2, 0.25) is 0 Å². The smallest absolute Gasteiger partial charge is 0.251 e. The van der Waals surface area contributed by atoms with Crippen LogP contribution in [0.25, 0.3) is 0 Å². The normalized spacial score (nSPS) is 11.1. The highest BCUT2D eigenvalue weighted by molar-refractivity contribution is 5.94. The van der Waals surface area contributed by atoms with Crippen LogP contribution in [0, 0.1) is 6.07 Å². The van der Waals surface area contributed by atoms with Crippen LogP contribution in [0.5, 0.6) is 0 Å². The molecule has 1 aromatic rings. The fraction of sp³-hybridized carbons (Fsp3) is 0.364. The first-order valence-electron chi connectivity index (χ1n) is 4.45. The molecule has 0 bridgehead atoms. The van der Waals surface area contributed by atoms with Crippen molar-refractivity contribution in [2.24, 2.45) is 0 Å². The summed E-state index contributed by atoms with van der Waals surface area (Å²) in [7, 11) is 0. The molecule has 1 radical (unpaired) electrons. The Kier molecular flexibility index (Phi) is 3.25. The SMILES string of the molecule is CC(C)(CO)NC(=O)c1cc[c]cc1. The first-order valence-corrected chi connectivity index (χ1v) is 4.45. The van der Waals surface area contributed by atoms with Crippen LogP contribution >= 0.6 is 0 Å².